The summed E-state index contributed by atoms with van der Waals surface area (Å²) in [6, 6.07) is 0. The van der Waals surface area contributed by atoms with E-state index in [1.54, 1.807) is 0 Å². The Balaban J connectivity index is 3.43. The van der Waals surface area contributed by atoms with Gasteiger partial charge >= 0.3 is 5.25 Å². The molecule has 1 aromatic carbocycles. The molecule has 1 rings (SSSR count). The highest BCUT2D eigenvalue weighted by molar-refractivity contribution is 6.76. The van der Waals surface area contributed by atoms with Gasteiger partial charge in [-0.3, -0.25) is 0 Å². The smallest absolute Gasteiger partial charge is 0.326 e. The van der Waals surface area contributed by atoms with Gasteiger partial charge in [0.15, 0.2) is 5.75 Å². The molecule has 0 aliphatic carbocycles. The van der Waals surface area contributed by atoms with Crippen molar-refractivity contribution in [3.8, 4) is 5.75 Å². The second-order valence-corrected chi connectivity index (χ2v) is 9.65. The standard InChI is InChI=1S/C9HCl11O2/c10-1-2(11)4(13)6(5(14)3(1)12)22-9(20,21)7(15,16)8(17,18)19/h21H. The van der Waals surface area contributed by atoms with Crippen LogP contribution in [0.25, 0.3) is 0 Å². The Labute approximate surface area is 180 Å². The summed E-state index contributed by atoms with van der Waals surface area (Å²) in [5, 5.41) is 5.91. The number of hydrogen-bond acceptors (Lipinski definition) is 2. The van der Waals surface area contributed by atoms with Crippen molar-refractivity contribution < 1.29 is 9.84 Å². The van der Waals surface area contributed by atoms with E-state index in [0.29, 0.717) is 0 Å². The first-order chi connectivity index (χ1) is 9.65. The van der Waals surface area contributed by atoms with Crippen LogP contribution in [0.5, 0.6) is 5.75 Å². The highest BCUT2D eigenvalue weighted by Crippen LogP contribution is 2.56. The Morgan fingerprint density at radius 3 is 1.27 bits per heavy atom. The van der Waals surface area contributed by atoms with Gasteiger partial charge in [-0.15, -0.1) is 0 Å². The third-order valence-electron chi connectivity index (χ3n) is 2.15. The molecule has 0 heterocycles. The largest absolute Gasteiger partial charge is 0.443 e. The molecule has 1 atom stereocenters. The molecule has 0 spiro atoms. The molecular formula is C9HCl11O2. The fourth-order valence-corrected chi connectivity index (χ4v) is 3.07. The lowest BCUT2D eigenvalue weighted by Crippen LogP contribution is -2.54. The van der Waals surface area contributed by atoms with Crippen LogP contribution in [0, 0.1) is 0 Å². The second kappa shape index (κ2) is 7.42. The first kappa shape index (κ1) is 22.2. The van der Waals surface area contributed by atoms with Crippen LogP contribution >= 0.6 is 128 Å². The van der Waals surface area contributed by atoms with Crippen LogP contribution < -0.4 is 4.74 Å². The van der Waals surface area contributed by atoms with Crippen molar-refractivity contribution in [1.82, 2.24) is 0 Å². The molecule has 1 aromatic rings. The minimum Gasteiger partial charge on any atom is -0.443 e. The first-order valence-electron chi connectivity index (χ1n) is 4.71. The minimum atomic E-state index is -2.98. The molecule has 126 valence electrons. The van der Waals surface area contributed by atoms with Gasteiger partial charge in [-0.1, -0.05) is 116 Å². The topological polar surface area (TPSA) is 29.5 Å². The fourth-order valence-electron chi connectivity index (χ4n) is 1.05. The lowest BCUT2D eigenvalue weighted by atomic mass is 10.3. The van der Waals surface area contributed by atoms with Gasteiger partial charge in [-0.25, -0.2) is 0 Å². The van der Waals surface area contributed by atoms with Gasteiger partial charge in [0.05, 0.1) is 15.1 Å². The van der Waals surface area contributed by atoms with E-state index in [1.165, 1.54) is 0 Å². The van der Waals surface area contributed by atoms with Gasteiger partial charge in [0.25, 0.3) is 0 Å². The molecule has 2 nitrogen and oxygen atoms in total. The van der Waals surface area contributed by atoms with E-state index in [1.807, 2.05) is 0 Å². The van der Waals surface area contributed by atoms with Crippen molar-refractivity contribution in [3.63, 3.8) is 0 Å². The summed E-state index contributed by atoms with van der Waals surface area (Å²) in [4.78, 5) is 0. The number of benzene rings is 1. The van der Waals surface area contributed by atoms with E-state index < -0.39 is 19.1 Å². The second-order valence-electron chi connectivity index (χ2n) is 3.63. The summed E-state index contributed by atoms with van der Waals surface area (Å²) in [6.07, 6.45) is 0. The lowest BCUT2D eigenvalue weighted by molar-refractivity contribution is -0.0724. The molecule has 0 bridgehead atoms. The van der Waals surface area contributed by atoms with Gasteiger partial charge in [-0.2, -0.15) is 0 Å². The molecular weight excluding hydrogens is 530 g/mol. The van der Waals surface area contributed by atoms with Gasteiger partial charge in [0.2, 0.25) is 8.13 Å². The third kappa shape index (κ3) is 4.11. The van der Waals surface area contributed by atoms with Crippen LogP contribution in [0.2, 0.25) is 25.1 Å². The van der Waals surface area contributed by atoms with E-state index in [-0.39, 0.29) is 25.1 Å². The van der Waals surface area contributed by atoms with Crippen LogP contribution in [-0.4, -0.2) is 18.5 Å². The number of alkyl halides is 6. The number of hydrogen-bond donors (Lipinski definition) is 1. The molecule has 0 aliphatic heterocycles. The lowest BCUT2D eigenvalue weighted by Gasteiger charge is -2.37. The summed E-state index contributed by atoms with van der Waals surface area (Å²) >= 11 is 63.1. The average Bonchev–Trinajstić information content (AvgIpc) is 2.37. The predicted molar refractivity (Wildman–Crippen MR) is 97.6 cm³/mol. The van der Waals surface area contributed by atoms with Crippen molar-refractivity contribution in [2.45, 2.75) is 13.4 Å². The summed E-state index contributed by atoms with van der Waals surface area (Å²) in [5.41, 5.74) is 0. The van der Waals surface area contributed by atoms with Crippen molar-refractivity contribution in [2.75, 3.05) is 0 Å². The van der Waals surface area contributed by atoms with Crippen LogP contribution in [-0.2, 0) is 0 Å². The highest BCUT2D eigenvalue weighted by Gasteiger charge is 2.63. The maximum atomic E-state index is 10.1. The Kier molecular flexibility index (Phi) is 7.49. The molecule has 0 amide bonds. The zero-order valence-electron chi connectivity index (χ0n) is 9.51. The molecule has 1 unspecified atom stereocenters. The predicted octanol–water partition coefficient (Wildman–Crippen LogP) is 7.76. The highest BCUT2D eigenvalue weighted by atomic mass is 35.6. The van der Waals surface area contributed by atoms with Crippen LogP contribution in [0.3, 0.4) is 0 Å². The molecule has 13 heteroatoms. The maximum absolute atomic E-state index is 10.1. The van der Waals surface area contributed by atoms with E-state index in [4.69, 9.17) is 132 Å². The van der Waals surface area contributed by atoms with E-state index in [2.05, 4.69) is 0 Å². The normalized spacial score (nSPS) is 15.6. The van der Waals surface area contributed by atoms with Crippen molar-refractivity contribution in [2.24, 2.45) is 0 Å². The molecule has 0 fully saturated rings. The number of ether oxygens (including phenoxy) is 1. The monoisotopic (exact) mass is 526 g/mol. The van der Waals surface area contributed by atoms with E-state index >= 15 is 0 Å². The van der Waals surface area contributed by atoms with Gasteiger partial charge in [0, 0.05) is 0 Å². The number of rotatable bonds is 3. The van der Waals surface area contributed by atoms with Crippen molar-refractivity contribution in [3.05, 3.63) is 25.1 Å². The van der Waals surface area contributed by atoms with Crippen molar-refractivity contribution >= 4 is 128 Å². The zero-order valence-corrected chi connectivity index (χ0v) is 17.8. The summed E-state index contributed by atoms with van der Waals surface area (Å²) in [7, 11) is 0. The van der Waals surface area contributed by atoms with Crippen LogP contribution in [0.1, 0.15) is 0 Å². The Bertz CT molecular complexity index is 563. The number of aliphatic hydroxyl groups is 1. The zero-order chi connectivity index (χ0) is 17.7. The fraction of sp³-hybridized carbons (Fsp3) is 0.333. The molecule has 0 aliphatic rings. The van der Waals surface area contributed by atoms with Gasteiger partial charge in [0.1, 0.15) is 10.0 Å². The molecule has 0 saturated carbocycles. The Morgan fingerprint density at radius 1 is 0.636 bits per heavy atom. The molecule has 1 N–H and O–H groups in total. The minimum absolute atomic E-state index is 0.145. The van der Waals surface area contributed by atoms with E-state index in [0.717, 1.165) is 0 Å². The maximum Gasteiger partial charge on any atom is 0.326 e. The molecule has 0 saturated heterocycles. The SMILES string of the molecule is OC(Cl)(Oc1c(Cl)c(Cl)c(Cl)c(Cl)c1Cl)C(Cl)(Cl)C(Cl)(Cl)Cl. The first-order valence-corrected chi connectivity index (χ1v) is 8.87. The van der Waals surface area contributed by atoms with Crippen LogP contribution in [0.4, 0.5) is 0 Å². The van der Waals surface area contributed by atoms with Gasteiger partial charge in [-0.05, 0) is 11.6 Å². The molecule has 0 aromatic heterocycles. The average molecular weight is 531 g/mol. The quantitative estimate of drug-likeness (QED) is 0.187. The van der Waals surface area contributed by atoms with Crippen LogP contribution in [0.15, 0.2) is 0 Å². The molecule has 0 radical (unpaired) electrons. The van der Waals surface area contributed by atoms with Gasteiger partial charge < -0.3 is 9.84 Å². The summed E-state index contributed by atoms with van der Waals surface area (Å²) in [6.45, 7) is 0. The third-order valence-corrected chi connectivity index (χ3v) is 7.46. The Hall–Kier alpha value is 2.17. The Morgan fingerprint density at radius 2 is 0.955 bits per heavy atom. The summed E-state index contributed by atoms with van der Waals surface area (Å²) < 4.78 is -0.110. The number of halogens is 11. The summed E-state index contributed by atoms with van der Waals surface area (Å²) in [5.74, 6) is -0.472. The van der Waals surface area contributed by atoms with E-state index in [9.17, 15) is 5.11 Å². The van der Waals surface area contributed by atoms with Crippen molar-refractivity contribution in [1.29, 1.82) is 0 Å². The molecule has 22 heavy (non-hydrogen) atoms.